The van der Waals surface area contributed by atoms with Gasteiger partial charge in [0.15, 0.2) is 0 Å². The van der Waals surface area contributed by atoms with Gasteiger partial charge in [-0.1, -0.05) is 58.0 Å². The van der Waals surface area contributed by atoms with Crippen LogP contribution in [0.25, 0.3) is 0 Å². The van der Waals surface area contributed by atoms with Crippen LogP contribution in [0.4, 0.5) is 0 Å². The van der Waals surface area contributed by atoms with Crippen LogP contribution in [0.15, 0.2) is 82.3 Å². The van der Waals surface area contributed by atoms with Crippen molar-refractivity contribution in [3.63, 3.8) is 0 Å². The zero-order valence-electron chi connectivity index (χ0n) is 22.0. The lowest BCUT2D eigenvalue weighted by atomic mass is 9.68. The Hall–Kier alpha value is -3.54. The molecule has 6 heteroatoms. The van der Waals surface area contributed by atoms with Crippen molar-refractivity contribution in [1.82, 2.24) is 9.88 Å². The van der Waals surface area contributed by atoms with E-state index in [2.05, 4.69) is 55.8 Å². The second-order valence-electron chi connectivity index (χ2n) is 12.0. The van der Waals surface area contributed by atoms with Gasteiger partial charge in [0.05, 0.1) is 28.7 Å². The third-order valence-electron chi connectivity index (χ3n) is 8.48. The van der Waals surface area contributed by atoms with E-state index in [4.69, 9.17) is 9.98 Å². The molecule has 1 N–H and O–H groups in total. The monoisotopic (exact) mass is 494 g/mol. The van der Waals surface area contributed by atoms with Crippen LogP contribution < -0.4 is 0 Å². The lowest BCUT2D eigenvalue weighted by Crippen LogP contribution is -2.46. The second-order valence-corrected chi connectivity index (χ2v) is 12.0. The lowest BCUT2D eigenvalue weighted by molar-refractivity contribution is 0.0697. The van der Waals surface area contributed by atoms with Gasteiger partial charge < -0.3 is 10.0 Å². The smallest absolute Gasteiger partial charge is 0.335 e. The topological polar surface area (TPSA) is 78.2 Å². The average molecular weight is 495 g/mol. The Morgan fingerprint density at radius 3 is 2.41 bits per heavy atom. The van der Waals surface area contributed by atoms with E-state index >= 15 is 0 Å². The number of hydrogen-bond donors (Lipinski definition) is 1. The number of allylic oxidation sites excluding steroid dienone is 3. The highest BCUT2D eigenvalue weighted by Crippen LogP contribution is 2.51. The molecule has 0 spiro atoms. The van der Waals surface area contributed by atoms with Gasteiger partial charge >= 0.3 is 5.97 Å². The molecule has 0 amide bonds. The quantitative estimate of drug-likeness (QED) is 0.538. The average Bonchev–Trinajstić information content (AvgIpc) is 3.25. The van der Waals surface area contributed by atoms with Crippen LogP contribution in [-0.4, -0.2) is 45.0 Å². The first-order valence-corrected chi connectivity index (χ1v) is 13.2. The number of aliphatic imine (C=N–C) groups is 2. The molecule has 2 aromatic rings. The van der Waals surface area contributed by atoms with Gasteiger partial charge in [0.25, 0.3) is 0 Å². The zero-order valence-corrected chi connectivity index (χ0v) is 22.0. The van der Waals surface area contributed by atoms with Crippen molar-refractivity contribution in [3.05, 3.63) is 89.0 Å². The van der Waals surface area contributed by atoms with Crippen molar-refractivity contribution >= 4 is 17.4 Å². The molecule has 4 aliphatic rings. The predicted molar refractivity (Wildman–Crippen MR) is 146 cm³/mol. The summed E-state index contributed by atoms with van der Waals surface area (Å²) < 4.78 is 0. The van der Waals surface area contributed by atoms with Gasteiger partial charge in [0.2, 0.25) is 0 Å². The summed E-state index contributed by atoms with van der Waals surface area (Å²) in [4.78, 5) is 29.1. The molecule has 0 bridgehead atoms. The minimum absolute atomic E-state index is 0.0797. The van der Waals surface area contributed by atoms with Gasteiger partial charge in [-0.25, -0.2) is 4.79 Å². The number of aromatic nitrogens is 1. The normalized spacial score (nSPS) is 27.1. The van der Waals surface area contributed by atoms with Gasteiger partial charge in [-0.05, 0) is 42.2 Å². The molecule has 1 aromatic heterocycles. The Bertz CT molecular complexity index is 1370. The standard InChI is InChI=1S/C31H34N4O2/c1-30(2)13-14-31(3,4)28-27(30)33-24-12-11-22-23(20-7-9-21(10-8-20)29(36)37)18-35(26(22)25(24)34-28)17-19-6-5-15-32-16-19/h5-10,13-16,22-24H,11-12,17-18H2,1-4H3,(H,36,37). The SMILES string of the molecule is CC1(C)C=CC(C)(C)C2=NC3CCC4C(=C3N=C21)N(Cc1cccnc1)CC4c1ccc(C(=O)O)cc1. The fraction of sp³-hybridized carbons (Fsp3) is 0.419. The van der Waals surface area contributed by atoms with Gasteiger partial charge in [0, 0.05) is 53.8 Å². The molecule has 3 unspecified atom stereocenters. The van der Waals surface area contributed by atoms with Crippen molar-refractivity contribution in [2.45, 2.75) is 59.0 Å². The minimum Gasteiger partial charge on any atom is -0.478 e. The minimum atomic E-state index is -0.891. The van der Waals surface area contributed by atoms with E-state index in [1.165, 1.54) is 16.8 Å². The molecule has 3 heterocycles. The third kappa shape index (κ3) is 4.03. The number of carboxylic acids is 1. The maximum atomic E-state index is 11.4. The first kappa shape index (κ1) is 23.8. The molecule has 3 atom stereocenters. The van der Waals surface area contributed by atoms with E-state index in [1.807, 2.05) is 30.6 Å². The van der Waals surface area contributed by atoms with Crippen LogP contribution in [0.2, 0.25) is 0 Å². The van der Waals surface area contributed by atoms with Crippen LogP contribution in [0.1, 0.15) is 67.9 Å². The Labute approximate surface area is 218 Å². The highest BCUT2D eigenvalue weighted by molar-refractivity contribution is 6.47. The number of nitrogens with zero attached hydrogens (tertiary/aromatic N) is 4. The van der Waals surface area contributed by atoms with Crippen molar-refractivity contribution in [2.75, 3.05) is 6.54 Å². The van der Waals surface area contributed by atoms with Gasteiger partial charge in [-0.15, -0.1) is 0 Å². The number of rotatable bonds is 4. The summed E-state index contributed by atoms with van der Waals surface area (Å²) in [5.41, 5.74) is 7.06. The molecule has 1 fully saturated rings. The summed E-state index contributed by atoms with van der Waals surface area (Å²) >= 11 is 0. The van der Waals surface area contributed by atoms with Crippen LogP contribution >= 0.6 is 0 Å². The summed E-state index contributed by atoms with van der Waals surface area (Å²) in [6.07, 6.45) is 10.3. The van der Waals surface area contributed by atoms with E-state index < -0.39 is 5.97 Å². The number of pyridine rings is 1. The summed E-state index contributed by atoms with van der Waals surface area (Å²) in [5.74, 6) is -0.280. The Balaban J connectivity index is 1.46. The van der Waals surface area contributed by atoms with Crippen LogP contribution in [0.5, 0.6) is 0 Å². The number of hydrogen-bond acceptors (Lipinski definition) is 5. The molecule has 190 valence electrons. The fourth-order valence-electron chi connectivity index (χ4n) is 6.44. The van der Waals surface area contributed by atoms with Gasteiger partial charge in [0.1, 0.15) is 0 Å². The largest absolute Gasteiger partial charge is 0.478 e. The molecule has 0 radical (unpaired) electrons. The molecule has 6 rings (SSSR count). The molecule has 2 aliphatic carbocycles. The maximum absolute atomic E-state index is 11.4. The number of likely N-dealkylation sites (tertiary alicyclic amines) is 1. The molecular formula is C31H34N4O2. The summed E-state index contributed by atoms with van der Waals surface area (Å²) in [6.45, 7) is 10.6. The number of carboxylic acid groups (broad SMARTS) is 1. The molecule has 1 saturated heterocycles. The summed E-state index contributed by atoms with van der Waals surface area (Å²) in [7, 11) is 0. The first-order valence-electron chi connectivity index (χ1n) is 13.2. The summed E-state index contributed by atoms with van der Waals surface area (Å²) in [5, 5.41) is 9.38. The molecule has 0 saturated carbocycles. The third-order valence-corrected chi connectivity index (χ3v) is 8.48. The van der Waals surface area contributed by atoms with Crippen LogP contribution in [-0.2, 0) is 6.54 Å². The molecule has 2 aliphatic heterocycles. The van der Waals surface area contributed by atoms with Gasteiger partial charge in [-0.2, -0.15) is 0 Å². The number of fused-ring (bicyclic) bond motifs is 3. The van der Waals surface area contributed by atoms with Crippen LogP contribution in [0, 0.1) is 16.7 Å². The molecule has 6 nitrogen and oxygen atoms in total. The number of carbonyl (C=O) groups is 1. The van der Waals surface area contributed by atoms with E-state index in [-0.39, 0.29) is 22.8 Å². The second kappa shape index (κ2) is 8.51. The van der Waals surface area contributed by atoms with E-state index in [0.717, 1.165) is 43.1 Å². The Kier molecular flexibility index (Phi) is 5.48. The molecule has 37 heavy (non-hydrogen) atoms. The van der Waals surface area contributed by atoms with E-state index in [1.54, 1.807) is 12.1 Å². The Morgan fingerprint density at radius 1 is 1.00 bits per heavy atom. The Morgan fingerprint density at radius 2 is 1.73 bits per heavy atom. The van der Waals surface area contributed by atoms with E-state index in [0.29, 0.717) is 11.5 Å². The summed E-state index contributed by atoms with van der Waals surface area (Å²) in [6, 6.07) is 11.7. The highest BCUT2D eigenvalue weighted by Gasteiger charge is 2.48. The molecule has 1 aromatic carbocycles. The highest BCUT2D eigenvalue weighted by atomic mass is 16.4. The number of benzene rings is 1. The molecular weight excluding hydrogens is 460 g/mol. The van der Waals surface area contributed by atoms with Gasteiger partial charge in [-0.3, -0.25) is 15.0 Å². The fourth-order valence-corrected chi connectivity index (χ4v) is 6.44. The van der Waals surface area contributed by atoms with Crippen molar-refractivity contribution in [3.8, 4) is 0 Å². The lowest BCUT2D eigenvalue weighted by Gasteiger charge is -2.42. The van der Waals surface area contributed by atoms with Crippen LogP contribution in [0.3, 0.4) is 0 Å². The van der Waals surface area contributed by atoms with Crippen molar-refractivity contribution < 1.29 is 9.90 Å². The number of aromatic carboxylic acids is 1. The predicted octanol–water partition coefficient (Wildman–Crippen LogP) is 5.89. The zero-order chi connectivity index (χ0) is 25.9. The van der Waals surface area contributed by atoms with Crippen molar-refractivity contribution in [2.24, 2.45) is 26.7 Å². The maximum Gasteiger partial charge on any atom is 0.335 e. The van der Waals surface area contributed by atoms with Crippen molar-refractivity contribution in [1.29, 1.82) is 0 Å². The first-order chi connectivity index (χ1) is 17.6. The van der Waals surface area contributed by atoms with E-state index in [9.17, 15) is 9.90 Å².